The molecule has 0 atom stereocenters. The molecule has 6 nitrogen and oxygen atoms in total. The zero-order valence-corrected chi connectivity index (χ0v) is 17.8. The highest BCUT2D eigenvalue weighted by Gasteiger charge is 2.10. The van der Waals surface area contributed by atoms with Crippen LogP contribution in [0.1, 0.15) is 55.5 Å². The number of aromatic nitrogens is 2. The Kier molecular flexibility index (Phi) is 7.87. The number of unbranched alkanes of at least 4 members (excludes halogenated alkanes) is 3. The van der Waals surface area contributed by atoms with Gasteiger partial charge >= 0.3 is 11.9 Å². The van der Waals surface area contributed by atoms with E-state index in [-0.39, 0.29) is 0 Å². The fourth-order valence-corrected chi connectivity index (χ4v) is 3.05. The number of carbonyl (C=O) groups is 2. The van der Waals surface area contributed by atoms with Gasteiger partial charge in [-0.25, -0.2) is 14.8 Å². The molecule has 3 rings (SSSR count). The first-order chi connectivity index (χ1) is 15.0. The smallest absolute Gasteiger partial charge is 0.343 e. The van der Waals surface area contributed by atoms with Gasteiger partial charge in [-0.05, 0) is 66.9 Å². The molecule has 31 heavy (non-hydrogen) atoms. The number of hydrogen-bond acceptors (Lipinski definition) is 6. The van der Waals surface area contributed by atoms with Crippen LogP contribution in [-0.4, -0.2) is 21.9 Å². The quantitative estimate of drug-likeness (QED) is 0.263. The first-order valence-corrected chi connectivity index (χ1v) is 10.5. The van der Waals surface area contributed by atoms with Crippen molar-refractivity contribution in [3.05, 3.63) is 72.1 Å². The zero-order valence-electron chi connectivity index (χ0n) is 17.8. The molecule has 0 aliphatic heterocycles. The summed E-state index contributed by atoms with van der Waals surface area (Å²) < 4.78 is 10.4. The molecule has 0 bridgehead atoms. The van der Waals surface area contributed by atoms with Crippen molar-refractivity contribution in [2.45, 2.75) is 46.0 Å². The Bertz CT molecular complexity index is 997. The number of benzene rings is 2. The summed E-state index contributed by atoms with van der Waals surface area (Å²) in [6, 6.07) is 13.3. The molecule has 3 aromatic rings. The third-order valence-corrected chi connectivity index (χ3v) is 4.70. The topological polar surface area (TPSA) is 78.4 Å². The van der Waals surface area contributed by atoms with Crippen LogP contribution in [0.5, 0.6) is 11.5 Å². The molecule has 1 aromatic heterocycles. The molecule has 0 N–H and O–H groups in total. The number of hydrogen-bond donors (Lipinski definition) is 0. The van der Waals surface area contributed by atoms with Gasteiger partial charge in [-0.15, -0.1) is 0 Å². The van der Waals surface area contributed by atoms with Gasteiger partial charge in [-0.3, -0.25) is 4.79 Å². The van der Waals surface area contributed by atoms with Gasteiger partial charge in [0.1, 0.15) is 11.5 Å². The van der Waals surface area contributed by atoms with Gasteiger partial charge in [0.15, 0.2) is 5.82 Å². The third kappa shape index (κ3) is 6.74. The minimum absolute atomic E-state index is 0.359. The van der Waals surface area contributed by atoms with Crippen LogP contribution in [0.15, 0.2) is 60.9 Å². The maximum absolute atomic E-state index is 12.3. The number of rotatable bonds is 9. The molecule has 0 fully saturated rings. The van der Waals surface area contributed by atoms with Crippen molar-refractivity contribution < 1.29 is 19.1 Å². The van der Waals surface area contributed by atoms with E-state index in [1.807, 2.05) is 24.5 Å². The maximum Gasteiger partial charge on any atom is 0.343 e. The molecule has 0 saturated carbocycles. The van der Waals surface area contributed by atoms with Crippen molar-refractivity contribution in [2.24, 2.45) is 0 Å². The Morgan fingerprint density at radius 2 is 1.42 bits per heavy atom. The lowest BCUT2D eigenvalue weighted by Crippen LogP contribution is -2.08. The van der Waals surface area contributed by atoms with Crippen LogP contribution < -0.4 is 9.47 Å². The van der Waals surface area contributed by atoms with E-state index in [9.17, 15) is 9.59 Å². The average molecular weight is 418 g/mol. The first kappa shape index (κ1) is 22.2. The van der Waals surface area contributed by atoms with E-state index < -0.39 is 11.9 Å². The maximum atomic E-state index is 12.3. The Morgan fingerprint density at radius 3 is 2.03 bits per heavy atom. The van der Waals surface area contributed by atoms with Crippen LogP contribution >= 0.6 is 0 Å². The minimum atomic E-state index is -0.495. The van der Waals surface area contributed by atoms with Crippen LogP contribution in [0.25, 0.3) is 11.4 Å². The normalized spacial score (nSPS) is 10.5. The molecule has 0 aliphatic carbocycles. The molecule has 160 valence electrons. The van der Waals surface area contributed by atoms with Gasteiger partial charge in [0.25, 0.3) is 0 Å². The SMILES string of the molecule is CCCCCCc1cnc(-c2ccc(OC(=O)c3ccc(OC(C)=O)cc3)cc2)nc1. The Balaban J connectivity index is 1.57. The molecule has 0 amide bonds. The van der Waals surface area contributed by atoms with Crippen LogP contribution in [0.2, 0.25) is 0 Å². The fourth-order valence-electron chi connectivity index (χ4n) is 3.05. The fraction of sp³-hybridized carbons (Fsp3) is 0.280. The summed E-state index contributed by atoms with van der Waals surface area (Å²) in [7, 11) is 0. The number of carbonyl (C=O) groups excluding carboxylic acids is 2. The molecule has 6 heteroatoms. The second-order valence-corrected chi connectivity index (χ2v) is 7.26. The predicted molar refractivity (Wildman–Crippen MR) is 118 cm³/mol. The minimum Gasteiger partial charge on any atom is -0.427 e. The van der Waals surface area contributed by atoms with E-state index in [4.69, 9.17) is 9.47 Å². The molecule has 0 aliphatic rings. The van der Waals surface area contributed by atoms with Gasteiger partial charge in [-0.1, -0.05) is 26.2 Å². The van der Waals surface area contributed by atoms with Gasteiger partial charge in [0, 0.05) is 24.9 Å². The largest absolute Gasteiger partial charge is 0.427 e. The molecule has 0 spiro atoms. The van der Waals surface area contributed by atoms with Crippen LogP contribution in [-0.2, 0) is 11.2 Å². The first-order valence-electron chi connectivity index (χ1n) is 10.5. The standard InChI is InChI=1S/C25H26N2O4/c1-3-4-5-6-7-19-16-26-24(27-17-19)20-8-12-23(13-9-20)31-25(29)21-10-14-22(15-11-21)30-18(2)28/h8-17H,3-7H2,1-2H3. The van der Waals surface area contributed by atoms with Crippen LogP contribution in [0, 0.1) is 0 Å². The lowest BCUT2D eigenvalue weighted by molar-refractivity contribution is -0.131. The highest BCUT2D eigenvalue weighted by atomic mass is 16.5. The summed E-state index contributed by atoms with van der Waals surface area (Å²) in [5.74, 6) is 0.522. The average Bonchev–Trinajstić information content (AvgIpc) is 2.78. The van der Waals surface area contributed by atoms with E-state index in [0.29, 0.717) is 22.9 Å². The van der Waals surface area contributed by atoms with E-state index in [1.165, 1.54) is 26.2 Å². The van der Waals surface area contributed by atoms with Crippen molar-refractivity contribution in [1.29, 1.82) is 0 Å². The zero-order chi connectivity index (χ0) is 22.1. The summed E-state index contributed by atoms with van der Waals surface area (Å²) in [4.78, 5) is 32.2. The monoisotopic (exact) mass is 418 g/mol. The Morgan fingerprint density at radius 1 is 0.806 bits per heavy atom. The Hall–Kier alpha value is -3.54. The van der Waals surface area contributed by atoms with Gasteiger partial charge in [0.2, 0.25) is 0 Å². The van der Waals surface area contributed by atoms with E-state index >= 15 is 0 Å². The number of ether oxygens (including phenoxy) is 2. The van der Waals surface area contributed by atoms with Gasteiger partial charge < -0.3 is 9.47 Å². The van der Waals surface area contributed by atoms with Crippen LogP contribution in [0.4, 0.5) is 0 Å². The molecular formula is C25H26N2O4. The van der Waals surface area contributed by atoms with E-state index in [0.717, 1.165) is 24.0 Å². The van der Waals surface area contributed by atoms with E-state index in [2.05, 4.69) is 16.9 Å². The summed E-state index contributed by atoms with van der Waals surface area (Å²) in [6.07, 6.45) is 9.62. The number of esters is 2. The molecule has 0 saturated heterocycles. The number of nitrogens with zero attached hydrogens (tertiary/aromatic N) is 2. The highest BCUT2D eigenvalue weighted by molar-refractivity contribution is 5.91. The highest BCUT2D eigenvalue weighted by Crippen LogP contribution is 2.21. The van der Waals surface area contributed by atoms with Crippen LogP contribution in [0.3, 0.4) is 0 Å². The second kappa shape index (κ2) is 11.0. The van der Waals surface area contributed by atoms with Gasteiger partial charge in [-0.2, -0.15) is 0 Å². The van der Waals surface area contributed by atoms with Gasteiger partial charge in [0.05, 0.1) is 5.56 Å². The van der Waals surface area contributed by atoms with E-state index in [1.54, 1.807) is 36.4 Å². The summed E-state index contributed by atoms with van der Waals surface area (Å²) >= 11 is 0. The Labute approximate surface area is 182 Å². The summed E-state index contributed by atoms with van der Waals surface area (Å²) in [6.45, 7) is 3.52. The molecule has 2 aromatic carbocycles. The summed E-state index contributed by atoms with van der Waals surface area (Å²) in [5, 5.41) is 0. The summed E-state index contributed by atoms with van der Waals surface area (Å²) in [5.41, 5.74) is 2.35. The third-order valence-electron chi connectivity index (χ3n) is 4.70. The van der Waals surface area contributed by atoms with Crippen molar-refractivity contribution in [3.8, 4) is 22.9 Å². The second-order valence-electron chi connectivity index (χ2n) is 7.26. The predicted octanol–water partition coefficient (Wildman–Crippen LogP) is 5.41. The number of aryl methyl sites for hydroxylation is 1. The molecule has 0 radical (unpaired) electrons. The molecular weight excluding hydrogens is 392 g/mol. The van der Waals surface area contributed by atoms with Crippen molar-refractivity contribution in [2.75, 3.05) is 0 Å². The lowest BCUT2D eigenvalue weighted by Gasteiger charge is -2.07. The van der Waals surface area contributed by atoms with Crippen molar-refractivity contribution in [1.82, 2.24) is 9.97 Å². The van der Waals surface area contributed by atoms with Crippen molar-refractivity contribution >= 4 is 11.9 Å². The lowest BCUT2D eigenvalue weighted by atomic mass is 10.1. The molecule has 1 heterocycles. The van der Waals surface area contributed by atoms with Crippen molar-refractivity contribution in [3.63, 3.8) is 0 Å². The molecule has 0 unspecified atom stereocenters.